The highest BCUT2D eigenvalue weighted by molar-refractivity contribution is 5.87. The van der Waals surface area contributed by atoms with Crippen LogP contribution in [-0.4, -0.2) is 15.6 Å². The van der Waals surface area contributed by atoms with Crippen LogP contribution in [0.5, 0.6) is 0 Å². The fraction of sp³-hybridized carbons (Fsp3) is 0.312. The minimum Gasteiger partial charge on any atom is -0.477 e. The maximum atomic E-state index is 11.0. The van der Waals surface area contributed by atoms with Gasteiger partial charge in [-0.05, 0) is 36.1 Å². The Bertz CT molecular complexity index is 567. The molecule has 1 aromatic carbocycles. The fourth-order valence-corrected chi connectivity index (χ4v) is 2.24. The molecule has 0 saturated heterocycles. The maximum absolute atomic E-state index is 11.0. The van der Waals surface area contributed by atoms with Crippen molar-refractivity contribution in [3.05, 3.63) is 47.7 Å². The van der Waals surface area contributed by atoms with Gasteiger partial charge in [0, 0.05) is 12.7 Å². The summed E-state index contributed by atoms with van der Waals surface area (Å²) < 4.78 is 1.71. The van der Waals surface area contributed by atoms with Gasteiger partial charge in [-0.25, -0.2) is 4.79 Å². The predicted molar refractivity (Wildman–Crippen MR) is 76.4 cm³/mol. The van der Waals surface area contributed by atoms with Gasteiger partial charge in [0.05, 0.1) is 0 Å². The Morgan fingerprint density at radius 3 is 2.37 bits per heavy atom. The zero-order valence-electron chi connectivity index (χ0n) is 11.4. The highest BCUT2D eigenvalue weighted by atomic mass is 16.4. The lowest BCUT2D eigenvalue weighted by Gasteiger charge is -2.07. The van der Waals surface area contributed by atoms with Crippen LogP contribution in [-0.2, 0) is 13.5 Å². The van der Waals surface area contributed by atoms with Crippen molar-refractivity contribution < 1.29 is 9.90 Å². The smallest absolute Gasteiger partial charge is 0.352 e. The summed E-state index contributed by atoms with van der Waals surface area (Å²) >= 11 is 0. The van der Waals surface area contributed by atoms with E-state index in [1.54, 1.807) is 17.7 Å². The largest absolute Gasteiger partial charge is 0.477 e. The molecule has 0 spiro atoms. The number of carbonyl (C=O) groups is 1. The van der Waals surface area contributed by atoms with Crippen LogP contribution in [0.4, 0.5) is 0 Å². The van der Waals surface area contributed by atoms with Gasteiger partial charge < -0.3 is 9.67 Å². The molecule has 0 amide bonds. The summed E-state index contributed by atoms with van der Waals surface area (Å²) in [6, 6.07) is 11.9. The second-order valence-corrected chi connectivity index (χ2v) is 4.77. The van der Waals surface area contributed by atoms with E-state index in [-0.39, 0.29) is 0 Å². The van der Waals surface area contributed by atoms with E-state index >= 15 is 0 Å². The van der Waals surface area contributed by atoms with E-state index in [2.05, 4.69) is 31.2 Å². The zero-order valence-corrected chi connectivity index (χ0v) is 11.4. The quantitative estimate of drug-likeness (QED) is 0.886. The van der Waals surface area contributed by atoms with E-state index in [0.717, 1.165) is 17.7 Å². The Balaban J connectivity index is 2.25. The average Bonchev–Trinajstić information content (AvgIpc) is 2.79. The third-order valence-electron chi connectivity index (χ3n) is 3.41. The summed E-state index contributed by atoms with van der Waals surface area (Å²) in [7, 11) is 1.78. The molecule has 0 aliphatic heterocycles. The number of hydrogen-bond donors (Lipinski definition) is 1. The molecule has 1 N–H and O–H groups in total. The molecule has 0 aliphatic carbocycles. The normalized spacial score (nSPS) is 10.6. The first-order valence-electron chi connectivity index (χ1n) is 6.61. The zero-order chi connectivity index (χ0) is 13.8. The standard InChI is InChI=1S/C16H19NO2/c1-3-4-5-12-6-8-13(9-7-12)14-10-11-15(16(18)19)17(14)2/h6-11H,3-5H2,1-2H3,(H,18,19). The number of carboxylic acids is 1. The molecular weight excluding hydrogens is 238 g/mol. The van der Waals surface area contributed by atoms with Crippen molar-refractivity contribution in [2.24, 2.45) is 7.05 Å². The second kappa shape index (κ2) is 5.74. The Morgan fingerprint density at radius 2 is 1.84 bits per heavy atom. The SMILES string of the molecule is CCCCc1ccc(-c2ccc(C(=O)O)n2C)cc1. The van der Waals surface area contributed by atoms with Crippen LogP contribution in [0.3, 0.4) is 0 Å². The predicted octanol–water partition coefficient (Wildman–Crippen LogP) is 3.73. The van der Waals surface area contributed by atoms with Crippen molar-refractivity contribution in [1.82, 2.24) is 4.57 Å². The van der Waals surface area contributed by atoms with Crippen molar-refractivity contribution in [1.29, 1.82) is 0 Å². The molecule has 3 heteroatoms. The molecule has 0 radical (unpaired) electrons. The van der Waals surface area contributed by atoms with Crippen molar-refractivity contribution in [3.63, 3.8) is 0 Å². The van der Waals surface area contributed by atoms with Crippen LogP contribution in [0.15, 0.2) is 36.4 Å². The Hall–Kier alpha value is -2.03. The van der Waals surface area contributed by atoms with Crippen LogP contribution in [0, 0.1) is 0 Å². The minimum atomic E-state index is -0.895. The van der Waals surface area contributed by atoms with Gasteiger partial charge in [-0.1, -0.05) is 37.6 Å². The number of hydrogen-bond acceptors (Lipinski definition) is 1. The van der Waals surface area contributed by atoms with E-state index in [9.17, 15) is 4.79 Å². The number of aromatic carboxylic acids is 1. The van der Waals surface area contributed by atoms with Crippen molar-refractivity contribution in [2.75, 3.05) is 0 Å². The van der Waals surface area contributed by atoms with Gasteiger partial charge in [0.15, 0.2) is 0 Å². The Labute approximate surface area is 113 Å². The number of unbranched alkanes of at least 4 members (excludes halogenated alkanes) is 1. The van der Waals surface area contributed by atoms with Gasteiger partial charge in [0.1, 0.15) is 5.69 Å². The molecule has 0 unspecified atom stereocenters. The second-order valence-electron chi connectivity index (χ2n) is 4.77. The summed E-state index contributed by atoms with van der Waals surface area (Å²) in [5, 5.41) is 9.05. The summed E-state index contributed by atoms with van der Waals surface area (Å²) in [5.41, 5.74) is 3.62. The first-order valence-corrected chi connectivity index (χ1v) is 6.61. The summed E-state index contributed by atoms with van der Waals surface area (Å²) in [6.07, 6.45) is 3.50. The first-order chi connectivity index (χ1) is 9.13. The third-order valence-corrected chi connectivity index (χ3v) is 3.41. The molecule has 1 aromatic heterocycles. The van der Waals surface area contributed by atoms with Gasteiger partial charge in [-0.3, -0.25) is 0 Å². The maximum Gasteiger partial charge on any atom is 0.352 e. The molecule has 0 atom stereocenters. The van der Waals surface area contributed by atoms with Gasteiger partial charge in [-0.15, -0.1) is 0 Å². The fourth-order valence-electron chi connectivity index (χ4n) is 2.24. The minimum absolute atomic E-state index is 0.310. The van der Waals surface area contributed by atoms with Crippen molar-refractivity contribution in [3.8, 4) is 11.3 Å². The molecule has 2 rings (SSSR count). The van der Waals surface area contributed by atoms with Crippen molar-refractivity contribution in [2.45, 2.75) is 26.2 Å². The number of benzene rings is 1. The molecule has 0 bridgehead atoms. The van der Waals surface area contributed by atoms with Gasteiger partial charge in [0.25, 0.3) is 0 Å². The Morgan fingerprint density at radius 1 is 1.16 bits per heavy atom. The van der Waals surface area contributed by atoms with E-state index < -0.39 is 5.97 Å². The van der Waals surface area contributed by atoms with Crippen LogP contribution < -0.4 is 0 Å². The lowest BCUT2D eigenvalue weighted by atomic mass is 10.1. The van der Waals surface area contributed by atoms with Gasteiger partial charge >= 0.3 is 5.97 Å². The topological polar surface area (TPSA) is 42.2 Å². The average molecular weight is 257 g/mol. The number of nitrogens with zero attached hydrogens (tertiary/aromatic N) is 1. The molecule has 0 saturated carbocycles. The molecule has 3 nitrogen and oxygen atoms in total. The molecular formula is C16H19NO2. The van der Waals surface area contributed by atoms with E-state index in [0.29, 0.717) is 5.69 Å². The molecule has 1 heterocycles. The van der Waals surface area contributed by atoms with Crippen LogP contribution >= 0.6 is 0 Å². The lowest BCUT2D eigenvalue weighted by molar-refractivity contribution is 0.0687. The summed E-state index contributed by atoms with van der Waals surface area (Å²) in [5.74, 6) is -0.895. The lowest BCUT2D eigenvalue weighted by Crippen LogP contribution is -2.05. The Kier molecular flexibility index (Phi) is 4.05. The van der Waals surface area contributed by atoms with E-state index in [1.165, 1.54) is 18.4 Å². The van der Waals surface area contributed by atoms with E-state index in [4.69, 9.17) is 5.11 Å². The molecule has 100 valence electrons. The van der Waals surface area contributed by atoms with Crippen LogP contribution in [0.1, 0.15) is 35.8 Å². The molecule has 0 aliphatic rings. The molecule has 19 heavy (non-hydrogen) atoms. The molecule has 0 fully saturated rings. The first kappa shape index (κ1) is 13.4. The molecule has 2 aromatic rings. The monoisotopic (exact) mass is 257 g/mol. The highest BCUT2D eigenvalue weighted by Gasteiger charge is 2.11. The van der Waals surface area contributed by atoms with Gasteiger partial charge in [0.2, 0.25) is 0 Å². The summed E-state index contributed by atoms with van der Waals surface area (Å²) in [6.45, 7) is 2.19. The van der Waals surface area contributed by atoms with Crippen LogP contribution in [0.25, 0.3) is 11.3 Å². The number of aryl methyl sites for hydroxylation is 1. The van der Waals surface area contributed by atoms with Gasteiger partial charge in [-0.2, -0.15) is 0 Å². The number of carboxylic acid groups (broad SMARTS) is 1. The number of rotatable bonds is 5. The third kappa shape index (κ3) is 2.87. The highest BCUT2D eigenvalue weighted by Crippen LogP contribution is 2.22. The van der Waals surface area contributed by atoms with Crippen molar-refractivity contribution >= 4 is 5.97 Å². The summed E-state index contributed by atoms with van der Waals surface area (Å²) in [4.78, 5) is 11.0. The number of aromatic nitrogens is 1. The van der Waals surface area contributed by atoms with Crippen LogP contribution in [0.2, 0.25) is 0 Å². The van der Waals surface area contributed by atoms with E-state index in [1.807, 2.05) is 6.07 Å².